The molecule has 1 fully saturated rings. The number of hydrogen-bond acceptors (Lipinski definition) is 3. The Morgan fingerprint density at radius 3 is 2.87 bits per heavy atom. The van der Waals surface area contributed by atoms with Crippen LogP contribution < -0.4 is 5.73 Å². The van der Waals surface area contributed by atoms with Gasteiger partial charge in [0.25, 0.3) is 0 Å². The third-order valence-electron chi connectivity index (χ3n) is 3.22. The molecule has 0 saturated heterocycles. The second-order valence-corrected chi connectivity index (χ2v) is 4.20. The van der Waals surface area contributed by atoms with E-state index >= 15 is 0 Å². The number of aryl methyl sites for hydroxylation is 1. The number of carbonyl (C=O) groups is 1. The molecule has 0 bridgehead atoms. The molecule has 1 aromatic heterocycles. The van der Waals surface area contributed by atoms with Gasteiger partial charge in [0.15, 0.2) is 0 Å². The van der Waals surface area contributed by atoms with Crippen molar-refractivity contribution in [2.24, 2.45) is 11.1 Å². The van der Waals surface area contributed by atoms with Gasteiger partial charge in [0.05, 0.1) is 0 Å². The van der Waals surface area contributed by atoms with E-state index in [0.717, 1.165) is 25.8 Å². The molecule has 1 aliphatic carbocycles. The second-order valence-electron chi connectivity index (χ2n) is 4.20. The molecule has 3 N–H and O–H groups in total. The fourth-order valence-corrected chi connectivity index (χ4v) is 1.91. The van der Waals surface area contributed by atoms with E-state index in [1.165, 1.54) is 0 Å². The lowest BCUT2D eigenvalue weighted by atomic mass is 9.93. The van der Waals surface area contributed by atoms with Crippen molar-refractivity contribution in [2.75, 3.05) is 0 Å². The molecule has 0 aromatic carbocycles. The number of rotatable bonds is 5. The highest BCUT2D eigenvalue weighted by Gasteiger charge is 2.50. The van der Waals surface area contributed by atoms with Gasteiger partial charge in [-0.3, -0.25) is 9.48 Å². The van der Waals surface area contributed by atoms with E-state index in [-0.39, 0.29) is 5.41 Å². The standard InChI is InChI=1S/C10H15N3O2/c11-8(9(14)15)10(2-3-10)4-7-13-6-1-5-12-13/h1,5-6,8H,2-4,7,11H2,(H,14,15). The molecule has 2 rings (SSSR count). The lowest BCUT2D eigenvalue weighted by molar-refractivity contribution is -0.140. The molecule has 1 heterocycles. The molecular formula is C10H15N3O2. The van der Waals surface area contributed by atoms with E-state index in [1.807, 2.05) is 16.9 Å². The van der Waals surface area contributed by atoms with Gasteiger partial charge in [-0.15, -0.1) is 0 Å². The van der Waals surface area contributed by atoms with E-state index in [2.05, 4.69) is 5.10 Å². The Labute approximate surface area is 87.9 Å². The second kappa shape index (κ2) is 3.66. The van der Waals surface area contributed by atoms with Gasteiger partial charge in [0, 0.05) is 18.9 Å². The molecule has 0 aliphatic heterocycles. The molecule has 1 atom stereocenters. The average Bonchev–Trinajstić information content (AvgIpc) is 2.82. The van der Waals surface area contributed by atoms with E-state index in [4.69, 9.17) is 10.8 Å². The van der Waals surface area contributed by atoms with Crippen molar-refractivity contribution in [2.45, 2.75) is 31.8 Å². The van der Waals surface area contributed by atoms with Crippen LogP contribution in [0.3, 0.4) is 0 Å². The number of hydrogen-bond donors (Lipinski definition) is 2. The Hall–Kier alpha value is -1.36. The quantitative estimate of drug-likeness (QED) is 0.738. The van der Waals surface area contributed by atoms with Crippen molar-refractivity contribution in [1.82, 2.24) is 9.78 Å². The Morgan fingerprint density at radius 1 is 1.67 bits per heavy atom. The first-order valence-electron chi connectivity index (χ1n) is 5.10. The summed E-state index contributed by atoms with van der Waals surface area (Å²) in [5.74, 6) is -0.895. The van der Waals surface area contributed by atoms with Crippen LogP contribution in [0.1, 0.15) is 19.3 Å². The van der Waals surface area contributed by atoms with Crippen LogP contribution >= 0.6 is 0 Å². The fourth-order valence-electron chi connectivity index (χ4n) is 1.91. The minimum atomic E-state index is -0.895. The van der Waals surface area contributed by atoms with Crippen molar-refractivity contribution >= 4 is 5.97 Å². The predicted octanol–water partition coefficient (Wildman–Crippen LogP) is 0.465. The number of carboxylic acid groups (broad SMARTS) is 1. The van der Waals surface area contributed by atoms with Gasteiger partial charge in [0.2, 0.25) is 0 Å². The lowest BCUT2D eigenvalue weighted by Gasteiger charge is -2.19. The molecule has 1 unspecified atom stereocenters. The van der Waals surface area contributed by atoms with Crippen LogP contribution in [0, 0.1) is 5.41 Å². The summed E-state index contributed by atoms with van der Waals surface area (Å²) < 4.78 is 1.81. The predicted molar refractivity (Wildman–Crippen MR) is 54.1 cm³/mol. The van der Waals surface area contributed by atoms with E-state index in [0.29, 0.717) is 0 Å². The maximum absolute atomic E-state index is 10.8. The number of nitrogens with two attached hydrogens (primary N) is 1. The summed E-state index contributed by atoms with van der Waals surface area (Å²) in [7, 11) is 0. The average molecular weight is 209 g/mol. The monoisotopic (exact) mass is 209 g/mol. The summed E-state index contributed by atoms with van der Waals surface area (Å²) in [4.78, 5) is 10.8. The molecular weight excluding hydrogens is 194 g/mol. The zero-order valence-electron chi connectivity index (χ0n) is 8.47. The van der Waals surface area contributed by atoms with Gasteiger partial charge in [-0.2, -0.15) is 5.10 Å². The first-order chi connectivity index (χ1) is 7.14. The first-order valence-corrected chi connectivity index (χ1v) is 5.10. The molecule has 0 spiro atoms. The van der Waals surface area contributed by atoms with Crippen LogP contribution in [0.2, 0.25) is 0 Å². The topological polar surface area (TPSA) is 81.1 Å². The summed E-state index contributed by atoms with van der Waals surface area (Å²) in [5, 5.41) is 12.9. The zero-order valence-corrected chi connectivity index (χ0v) is 8.47. The van der Waals surface area contributed by atoms with Crippen molar-refractivity contribution in [3.63, 3.8) is 0 Å². The summed E-state index contributed by atoms with van der Waals surface area (Å²) in [6.45, 7) is 0.744. The third-order valence-corrected chi connectivity index (χ3v) is 3.22. The Kier molecular flexibility index (Phi) is 2.48. The smallest absolute Gasteiger partial charge is 0.321 e. The zero-order chi connectivity index (χ0) is 10.9. The van der Waals surface area contributed by atoms with Gasteiger partial charge in [-0.1, -0.05) is 0 Å². The minimum Gasteiger partial charge on any atom is -0.480 e. The maximum atomic E-state index is 10.8. The molecule has 1 aromatic rings. The van der Waals surface area contributed by atoms with Crippen molar-refractivity contribution < 1.29 is 9.90 Å². The number of aliphatic carboxylic acids is 1. The summed E-state index contributed by atoms with van der Waals surface area (Å²) in [5.41, 5.74) is 5.48. The summed E-state index contributed by atoms with van der Waals surface area (Å²) >= 11 is 0. The largest absolute Gasteiger partial charge is 0.480 e. The fraction of sp³-hybridized carbons (Fsp3) is 0.600. The minimum absolute atomic E-state index is 0.183. The van der Waals surface area contributed by atoms with Crippen LogP contribution in [0.5, 0.6) is 0 Å². The van der Waals surface area contributed by atoms with Gasteiger partial charge >= 0.3 is 5.97 Å². The van der Waals surface area contributed by atoms with Crippen molar-refractivity contribution in [3.05, 3.63) is 18.5 Å². The van der Waals surface area contributed by atoms with Crippen LogP contribution in [0.25, 0.3) is 0 Å². The first kappa shape index (κ1) is 10.2. The molecule has 15 heavy (non-hydrogen) atoms. The highest BCUT2D eigenvalue weighted by Crippen LogP contribution is 2.51. The molecule has 5 nitrogen and oxygen atoms in total. The van der Waals surface area contributed by atoms with Crippen LogP contribution in [0.4, 0.5) is 0 Å². The summed E-state index contributed by atoms with van der Waals surface area (Å²) in [6.07, 6.45) is 6.23. The molecule has 0 amide bonds. The molecule has 1 aliphatic rings. The lowest BCUT2D eigenvalue weighted by Crippen LogP contribution is -2.40. The van der Waals surface area contributed by atoms with Crippen molar-refractivity contribution in [3.8, 4) is 0 Å². The highest BCUT2D eigenvalue weighted by molar-refractivity contribution is 5.75. The van der Waals surface area contributed by atoms with E-state index in [9.17, 15) is 4.79 Å². The van der Waals surface area contributed by atoms with Gasteiger partial charge < -0.3 is 10.8 Å². The Morgan fingerprint density at radius 2 is 2.40 bits per heavy atom. The number of aromatic nitrogens is 2. The molecule has 0 radical (unpaired) electrons. The van der Waals surface area contributed by atoms with Gasteiger partial charge in [0.1, 0.15) is 6.04 Å². The summed E-state index contributed by atoms with van der Waals surface area (Å²) in [6, 6.07) is 1.13. The highest BCUT2D eigenvalue weighted by atomic mass is 16.4. The SMILES string of the molecule is NC(C(=O)O)C1(CCn2cccn2)CC1. The number of nitrogens with zero attached hydrogens (tertiary/aromatic N) is 2. The van der Waals surface area contributed by atoms with Gasteiger partial charge in [-0.05, 0) is 30.7 Å². The van der Waals surface area contributed by atoms with E-state index < -0.39 is 12.0 Å². The Balaban J connectivity index is 1.91. The van der Waals surface area contributed by atoms with Crippen LogP contribution in [0.15, 0.2) is 18.5 Å². The van der Waals surface area contributed by atoms with E-state index in [1.54, 1.807) is 6.20 Å². The third kappa shape index (κ3) is 2.02. The van der Waals surface area contributed by atoms with Crippen LogP contribution in [-0.4, -0.2) is 26.9 Å². The number of carboxylic acids is 1. The normalized spacial score (nSPS) is 19.8. The van der Waals surface area contributed by atoms with Crippen LogP contribution in [-0.2, 0) is 11.3 Å². The van der Waals surface area contributed by atoms with Gasteiger partial charge in [-0.25, -0.2) is 0 Å². The van der Waals surface area contributed by atoms with Crippen molar-refractivity contribution in [1.29, 1.82) is 0 Å². The molecule has 82 valence electrons. The molecule has 5 heteroatoms. The maximum Gasteiger partial charge on any atom is 0.321 e. The Bertz CT molecular complexity index is 344. The molecule has 1 saturated carbocycles.